The van der Waals surface area contributed by atoms with Crippen molar-refractivity contribution in [2.75, 3.05) is 5.32 Å². The molecule has 1 rings (SSSR count). The molecule has 114 valence electrons. The average Bonchev–Trinajstić information content (AvgIpc) is 2.37. The van der Waals surface area contributed by atoms with Gasteiger partial charge in [-0.25, -0.2) is 9.59 Å². The molecule has 0 saturated carbocycles. The summed E-state index contributed by atoms with van der Waals surface area (Å²) in [7, 11) is 0. The second-order valence-electron chi connectivity index (χ2n) is 4.58. The SMILES string of the molecule is CC(C)[C@H](NC(=O)Nc1ccc(Br)c([N+](=O)[O-])c1)C(=O)O. The summed E-state index contributed by atoms with van der Waals surface area (Å²) in [6.45, 7) is 3.31. The van der Waals surface area contributed by atoms with Crippen molar-refractivity contribution in [3.8, 4) is 0 Å². The maximum Gasteiger partial charge on any atom is 0.326 e. The van der Waals surface area contributed by atoms with Crippen molar-refractivity contribution < 1.29 is 19.6 Å². The molecule has 0 heterocycles. The van der Waals surface area contributed by atoms with E-state index in [0.717, 1.165) is 0 Å². The number of anilines is 1. The maximum absolute atomic E-state index is 11.7. The van der Waals surface area contributed by atoms with Crippen LogP contribution in [0.15, 0.2) is 22.7 Å². The molecule has 0 aliphatic carbocycles. The summed E-state index contributed by atoms with van der Waals surface area (Å²) < 4.78 is 0.282. The van der Waals surface area contributed by atoms with Crippen molar-refractivity contribution in [1.82, 2.24) is 5.32 Å². The molecule has 9 heteroatoms. The molecule has 0 saturated heterocycles. The third kappa shape index (κ3) is 4.71. The van der Waals surface area contributed by atoms with E-state index in [9.17, 15) is 19.7 Å². The van der Waals surface area contributed by atoms with Gasteiger partial charge in [0, 0.05) is 11.8 Å². The Morgan fingerprint density at radius 1 is 1.38 bits per heavy atom. The zero-order valence-corrected chi connectivity index (χ0v) is 12.9. The number of hydrogen-bond acceptors (Lipinski definition) is 4. The molecular weight excluding hydrogens is 346 g/mol. The Bertz CT molecular complexity index is 576. The van der Waals surface area contributed by atoms with Crippen LogP contribution in [0.4, 0.5) is 16.2 Å². The molecule has 0 spiro atoms. The molecule has 0 unspecified atom stereocenters. The fraction of sp³-hybridized carbons (Fsp3) is 0.333. The van der Waals surface area contributed by atoms with E-state index < -0.39 is 23.0 Å². The Morgan fingerprint density at radius 2 is 2.00 bits per heavy atom. The smallest absolute Gasteiger partial charge is 0.326 e. The van der Waals surface area contributed by atoms with Crippen LogP contribution in [0.2, 0.25) is 0 Å². The summed E-state index contributed by atoms with van der Waals surface area (Å²) in [5.74, 6) is -1.45. The molecule has 0 bridgehead atoms. The van der Waals surface area contributed by atoms with Gasteiger partial charge in [0.25, 0.3) is 5.69 Å². The third-order valence-corrected chi connectivity index (χ3v) is 3.29. The van der Waals surface area contributed by atoms with Crippen molar-refractivity contribution >= 4 is 39.3 Å². The first kappa shape index (κ1) is 16.9. The highest BCUT2D eigenvalue weighted by Crippen LogP contribution is 2.27. The number of benzene rings is 1. The molecule has 1 atom stereocenters. The largest absolute Gasteiger partial charge is 0.480 e. The Kier molecular flexibility index (Phi) is 5.65. The topological polar surface area (TPSA) is 122 Å². The normalized spacial score (nSPS) is 11.8. The number of amides is 2. The van der Waals surface area contributed by atoms with Crippen LogP contribution in [-0.2, 0) is 4.79 Å². The molecule has 2 amide bonds. The highest BCUT2D eigenvalue weighted by molar-refractivity contribution is 9.10. The van der Waals surface area contributed by atoms with E-state index in [1.165, 1.54) is 18.2 Å². The Hall–Kier alpha value is -2.16. The standard InChI is InChI=1S/C12H14BrN3O5/c1-6(2)10(11(17)18)15-12(19)14-7-3-4-8(13)9(5-7)16(20)21/h3-6,10H,1-2H3,(H,17,18)(H2,14,15,19)/t10-/m0/s1. The van der Waals surface area contributed by atoms with Gasteiger partial charge < -0.3 is 15.7 Å². The fourth-order valence-corrected chi connectivity index (χ4v) is 1.94. The predicted octanol–water partition coefficient (Wildman–Crippen LogP) is 2.59. The summed E-state index contributed by atoms with van der Waals surface area (Å²) >= 11 is 3.03. The number of nitrogens with zero attached hydrogens (tertiary/aromatic N) is 1. The lowest BCUT2D eigenvalue weighted by Crippen LogP contribution is -2.46. The van der Waals surface area contributed by atoms with Gasteiger partial charge in [0.15, 0.2) is 0 Å². The lowest BCUT2D eigenvalue weighted by Gasteiger charge is -2.18. The van der Waals surface area contributed by atoms with Gasteiger partial charge in [-0.05, 0) is 34.0 Å². The van der Waals surface area contributed by atoms with Crippen LogP contribution < -0.4 is 10.6 Å². The van der Waals surface area contributed by atoms with Gasteiger partial charge in [-0.2, -0.15) is 0 Å². The maximum atomic E-state index is 11.7. The van der Waals surface area contributed by atoms with E-state index in [4.69, 9.17) is 5.11 Å². The lowest BCUT2D eigenvalue weighted by atomic mass is 10.1. The highest BCUT2D eigenvalue weighted by atomic mass is 79.9. The van der Waals surface area contributed by atoms with E-state index in [0.29, 0.717) is 0 Å². The van der Waals surface area contributed by atoms with Crippen LogP contribution in [0, 0.1) is 16.0 Å². The minimum absolute atomic E-state index is 0.190. The fourth-order valence-electron chi connectivity index (χ4n) is 1.55. The van der Waals surface area contributed by atoms with E-state index in [1.54, 1.807) is 13.8 Å². The molecule has 8 nitrogen and oxygen atoms in total. The number of carbonyl (C=O) groups is 2. The highest BCUT2D eigenvalue weighted by Gasteiger charge is 2.23. The molecule has 1 aromatic rings. The Labute approximate surface area is 128 Å². The second kappa shape index (κ2) is 7.02. The van der Waals surface area contributed by atoms with Crippen LogP contribution in [0.3, 0.4) is 0 Å². The van der Waals surface area contributed by atoms with E-state index in [-0.39, 0.29) is 21.8 Å². The second-order valence-corrected chi connectivity index (χ2v) is 5.44. The zero-order valence-electron chi connectivity index (χ0n) is 11.3. The van der Waals surface area contributed by atoms with Crippen molar-refractivity contribution in [1.29, 1.82) is 0 Å². The van der Waals surface area contributed by atoms with Gasteiger partial charge in [-0.3, -0.25) is 10.1 Å². The minimum atomic E-state index is -1.15. The van der Waals surface area contributed by atoms with Crippen LogP contribution in [0.25, 0.3) is 0 Å². The monoisotopic (exact) mass is 359 g/mol. The van der Waals surface area contributed by atoms with Crippen molar-refractivity contribution in [3.05, 3.63) is 32.8 Å². The van der Waals surface area contributed by atoms with Gasteiger partial charge in [0.2, 0.25) is 0 Å². The quantitative estimate of drug-likeness (QED) is 0.550. The molecule has 0 aliphatic rings. The molecule has 0 fully saturated rings. The number of aliphatic carboxylic acids is 1. The van der Waals surface area contributed by atoms with Crippen LogP contribution in [0.5, 0.6) is 0 Å². The van der Waals surface area contributed by atoms with Crippen LogP contribution in [0.1, 0.15) is 13.8 Å². The number of nitrogens with one attached hydrogen (secondary N) is 2. The number of rotatable bonds is 5. The first-order valence-corrected chi connectivity index (χ1v) is 6.76. The summed E-state index contributed by atoms with van der Waals surface area (Å²) in [5.41, 5.74) is -0.0123. The van der Waals surface area contributed by atoms with Crippen molar-refractivity contribution in [2.24, 2.45) is 5.92 Å². The molecule has 1 aromatic carbocycles. The first-order chi connectivity index (χ1) is 9.72. The Balaban J connectivity index is 2.82. The number of carbonyl (C=O) groups excluding carboxylic acids is 1. The number of urea groups is 1. The van der Waals surface area contributed by atoms with Gasteiger partial charge in [0.05, 0.1) is 9.40 Å². The van der Waals surface area contributed by atoms with Crippen LogP contribution >= 0.6 is 15.9 Å². The minimum Gasteiger partial charge on any atom is -0.480 e. The van der Waals surface area contributed by atoms with E-state index in [1.807, 2.05) is 0 Å². The van der Waals surface area contributed by atoms with Crippen LogP contribution in [-0.4, -0.2) is 28.1 Å². The number of hydrogen-bond donors (Lipinski definition) is 3. The summed E-state index contributed by atoms with van der Waals surface area (Å²) in [5, 5.41) is 24.4. The number of carboxylic acid groups (broad SMARTS) is 1. The van der Waals surface area contributed by atoms with Gasteiger partial charge in [-0.15, -0.1) is 0 Å². The summed E-state index contributed by atoms with van der Waals surface area (Å²) in [6.07, 6.45) is 0. The molecule has 0 radical (unpaired) electrons. The molecule has 0 aliphatic heterocycles. The van der Waals surface area contributed by atoms with Crippen molar-refractivity contribution in [2.45, 2.75) is 19.9 Å². The van der Waals surface area contributed by atoms with Crippen molar-refractivity contribution in [3.63, 3.8) is 0 Å². The number of nitro groups is 1. The lowest BCUT2D eigenvalue weighted by molar-refractivity contribution is -0.385. The number of carboxylic acids is 1. The molecular formula is C12H14BrN3O5. The van der Waals surface area contributed by atoms with E-state index >= 15 is 0 Å². The van der Waals surface area contributed by atoms with Gasteiger partial charge in [0.1, 0.15) is 6.04 Å². The Morgan fingerprint density at radius 3 is 2.48 bits per heavy atom. The van der Waals surface area contributed by atoms with Gasteiger partial charge >= 0.3 is 12.0 Å². The zero-order chi connectivity index (χ0) is 16.2. The third-order valence-electron chi connectivity index (χ3n) is 2.62. The summed E-state index contributed by atoms with van der Waals surface area (Å²) in [4.78, 5) is 32.9. The number of nitro benzene ring substituents is 1. The molecule has 21 heavy (non-hydrogen) atoms. The average molecular weight is 360 g/mol. The van der Waals surface area contributed by atoms with Gasteiger partial charge in [-0.1, -0.05) is 13.8 Å². The van der Waals surface area contributed by atoms with E-state index in [2.05, 4.69) is 26.6 Å². The molecule has 3 N–H and O–H groups in total. The molecule has 0 aromatic heterocycles. The summed E-state index contributed by atoms with van der Waals surface area (Å²) in [6, 6.07) is 2.27. The number of halogens is 1. The predicted molar refractivity (Wildman–Crippen MR) is 79.2 cm³/mol. The first-order valence-electron chi connectivity index (χ1n) is 5.96.